The second kappa shape index (κ2) is 13.4. The van der Waals surface area contributed by atoms with Crippen LogP contribution >= 0.6 is 23.5 Å². The van der Waals surface area contributed by atoms with Gasteiger partial charge in [-0.05, 0) is 121 Å². The zero-order valence-electron chi connectivity index (χ0n) is 30.4. The van der Waals surface area contributed by atoms with Gasteiger partial charge >= 0.3 is 0 Å². The van der Waals surface area contributed by atoms with Crippen LogP contribution in [0.3, 0.4) is 0 Å². The van der Waals surface area contributed by atoms with Crippen molar-refractivity contribution in [2.24, 2.45) is 17.8 Å². The highest BCUT2D eigenvalue weighted by molar-refractivity contribution is 8.04. The number of hydrogen-bond acceptors (Lipinski definition) is 3. The van der Waals surface area contributed by atoms with Crippen molar-refractivity contribution in [2.75, 3.05) is 0 Å². The van der Waals surface area contributed by atoms with Crippen molar-refractivity contribution in [3.63, 3.8) is 0 Å². The smallest absolute Gasteiger partial charge is 0.0626 e. The number of hydrogen-bond donors (Lipinski definition) is 0. The average Bonchev–Trinajstić information content (AvgIpc) is 3.56. The van der Waals surface area contributed by atoms with E-state index < -0.39 is 0 Å². The van der Waals surface area contributed by atoms with E-state index in [9.17, 15) is 0 Å². The Morgan fingerprint density at radius 3 is 2.47 bits per heavy atom. The highest BCUT2D eigenvalue weighted by Crippen LogP contribution is 2.62. The molecule has 3 aromatic rings. The monoisotopic (exact) mass is 725 g/mol. The molecule has 0 bridgehead atoms. The molecule has 0 amide bonds. The zero-order valence-corrected chi connectivity index (χ0v) is 32.0. The molecule has 7 unspecified atom stereocenters. The van der Waals surface area contributed by atoms with Crippen LogP contribution in [0.1, 0.15) is 86.3 Å². The van der Waals surface area contributed by atoms with Crippen LogP contribution < -0.4 is 0 Å². The van der Waals surface area contributed by atoms with Gasteiger partial charge in [-0.25, -0.2) is 0 Å². The number of thioether (sulfide) groups is 1. The fourth-order valence-corrected chi connectivity index (χ4v) is 13.9. The van der Waals surface area contributed by atoms with Crippen LogP contribution in [0.15, 0.2) is 171 Å². The molecule has 8 aliphatic rings. The lowest BCUT2D eigenvalue weighted by molar-refractivity contribution is 0.321. The van der Waals surface area contributed by atoms with Gasteiger partial charge in [-0.2, -0.15) is 0 Å². The molecule has 3 heterocycles. The summed E-state index contributed by atoms with van der Waals surface area (Å²) in [5, 5.41) is 0.539. The molecule has 3 aromatic carbocycles. The van der Waals surface area contributed by atoms with Crippen LogP contribution in [-0.4, -0.2) is 16.2 Å². The molecule has 3 heteroatoms. The molecular weight excluding hydrogens is 679 g/mol. The highest BCUT2D eigenvalue weighted by atomic mass is 32.2. The Morgan fingerprint density at radius 2 is 1.57 bits per heavy atom. The number of rotatable bonds is 4. The van der Waals surface area contributed by atoms with Gasteiger partial charge in [0.15, 0.2) is 0 Å². The van der Waals surface area contributed by atoms with Crippen LogP contribution in [-0.2, 0) is 0 Å². The van der Waals surface area contributed by atoms with Gasteiger partial charge in [0.05, 0.1) is 6.04 Å². The summed E-state index contributed by atoms with van der Waals surface area (Å²) in [6.07, 6.45) is 38.6. The van der Waals surface area contributed by atoms with Crippen molar-refractivity contribution in [1.82, 2.24) is 4.90 Å². The number of likely N-dealkylation sites (tertiary alicyclic amines) is 1. The summed E-state index contributed by atoms with van der Waals surface area (Å²) in [7, 11) is 0. The molecule has 5 aliphatic carbocycles. The fourth-order valence-electron chi connectivity index (χ4n) is 11.1. The van der Waals surface area contributed by atoms with E-state index in [1.54, 1.807) is 38.4 Å². The Bertz CT molecular complexity index is 2230. The quantitative estimate of drug-likeness (QED) is 0.247. The Morgan fingerprint density at radius 1 is 0.698 bits per heavy atom. The van der Waals surface area contributed by atoms with Gasteiger partial charge in [0, 0.05) is 49.1 Å². The lowest BCUT2D eigenvalue weighted by Gasteiger charge is -2.48. The third kappa shape index (κ3) is 5.35. The molecule has 0 aromatic heterocycles. The molecule has 264 valence electrons. The molecule has 0 saturated carbocycles. The Labute approximate surface area is 324 Å². The van der Waals surface area contributed by atoms with Crippen molar-refractivity contribution < 1.29 is 0 Å². The molecule has 2 fully saturated rings. The third-order valence-electron chi connectivity index (χ3n) is 13.3. The van der Waals surface area contributed by atoms with Crippen molar-refractivity contribution in [1.29, 1.82) is 0 Å². The SMILES string of the molecule is C1=CC2C3=CC(c4cccc5c4C(C4C6=CCCC=C6SC6C=CCCC64)c4c(cccc4-c4ccccc4)S5)CC=C3N(C3=CCCCC3)C2C=C1. The number of fused-ring (bicyclic) bond motifs is 7. The standard InChI is InChI=1S/C50H47NS2/c1-3-15-32(16-4-1)35-22-13-27-45-48(35)50(47-38-20-8-11-25-43(38)52-44-26-12-9-21-39(44)47)49-36(23-14-28-46(49)53-45)33-29-30-42-40(31-33)37-19-7-10-24-41(37)51(42)34-17-5-2-6-18-34/h1,3-4,7,10-11,13-17,19,21-28,30-31,33,37-38,41,43,47,50H,2,5-6,8-9,12,18,20,29H2. The molecule has 1 nitrogen and oxygen atoms in total. The van der Waals surface area contributed by atoms with E-state index in [0.717, 1.165) is 19.3 Å². The molecule has 7 atom stereocenters. The van der Waals surface area contributed by atoms with Crippen molar-refractivity contribution in [3.05, 3.63) is 178 Å². The van der Waals surface area contributed by atoms with E-state index in [1.807, 2.05) is 11.8 Å². The first-order valence-electron chi connectivity index (χ1n) is 20.3. The van der Waals surface area contributed by atoms with Crippen LogP contribution in [0.2, 0.25) is 0 Å². The maximum absolute atomic E-state index is 2.73. The Balaban J connectivity index is 1.10. The predicted octanol–water partition coefficient (Wildman–Crippen LogP) is 13.4. The first-order valence-corrected chi connectivity index (χ1v) is 22.0. The summed E-state index contributed by atoms with van der Waals surface area (Å²) < 4.78 is 0. The second-order valence-electron chi connectivity index (χ2n) is 16.2. The molecule has 53 heavy (non-hydrogen) atoms. The van der Waals surface area contributed by atoms with E-state index in [1.165, 1.54) is 65.1 Å². The normalized spacial score (nSPS) is 30.7. The largest absolute Gasteiger partial charge is 0.338 e. The minimum Gasteiger partial charge on any atom is -0.338 e. The molecule has 0 N–H and O–H groups in total. The molecule has 0 radical (unpaired) electrons. The maximum Gasteiger partial charge on any atom is 0.0626 e. The van der Waals surface area contributed by atoms with Gasteiger partial charge < -0.3 is 4.90 Å². The molecule has 0 spiro atoms. The van der Waals surface area contributed by atoms with E-state index in [0.29, 0.717) is 40.9 Å². The summed E-state index contributed by atoms with van der Waals surface area (Å²) in [4.78, 5) is 7.21. The Kier molecular flexibility index (Phi) is 8.24. The number of nitrogens with zero attached hydrogens (tertiary/aromatic N) is 1. The number of allylic oxidation sites excluding steroid dienone is 11. The minimum atomic E-state index is 0.294. The van der Waals surface area contributed by atoms with Crippen molar-refractivity contribution in [2.45, 2.75) is 90.7 Å². The summed E-state index contributed by atoms with van der Waals surface area (Å²) in [5.74, 6) is 2.12. The van der Waals surface area contributed by atoms with Gasteiger partial charge in [-0.3, -0.25) is 0 Å². The van der Waals surface area contributed by atoms with Crippen molar-refractivity contribution in [3.8, 4) is 11.1 Å². The maximum atomic E-state index is 2.73. The zero-order chi connectivity index (χ0) is 34.9. The molecule has 3 aliphatic heterocycles. The van der Waals surface area contributed by atoms with Crippen LogP contribution in [0, 0.1) is 17.8 Å². The Hall–Kier alpha value is -3.92. The lowest BCUT2D eigenvalue weighted by atomic mass is 9.64. The van der Waals surface area contributed by atoms with Crippen LogP contribution in [0.4, 0.5) is 0 Å². The lowest BCUT2D eigenvalue weighted by Crippen LogP contribution is -2.38. The fraction of sp³-hybridized carbons (Fsp3) is 0.320. The van der Waals surface area contributed by atoms with Gasteiger partial charge in [-0.1, -0.05) is 133 Å². The molecule has 11 rings (SSSR count). The molecule has 2 saturated heterocycles. The summed E-state index contributed by atoms with van der Waals surface area (Å²) in [6.45, 7) is 0. The molecular formula is C50H47NS2. The third-order valence-corrected chi connectivity index (χ3v) is 15.9. The van der Waals surface area contributed by atoms with E-state index in [4.69, 9.17) is 0 Å². The van der Waals surface area contributed by atoms with Gasteiger partial charge in [0.2, 0.25) is 0 Å². The summed E-state index contributed by atoms with van der Waals surface area (Å²) in [5.41, 5.74) is 13.7. The van der Waals surface area contributed by atoms with E-state index in [2.05, 4.69) is 150 Å². The second-order valence-corrected chi connectivity index (χ2v) is 18.5. The minimum absolute atomic E-state index is 0.294. The van der Waals surface area contributed by atoms with E-state index in [-0.39, 0.29) is 0 Å². The van der Waals surface area contributed by atoms with Crippen LogP contribution in [0.25, 0.3) is 11.1 Å². The van der Waals surface area contributed by atoms with Gasteiger partial charge in [0.25, 0.3) is 0 Å². The number of benzene rings is 3. The first-order chi connectivity index (χ1) is 26.3. The first kappa shape index (κ1) is 32.5. The van der Waals surface area contributed by atoms with Gasteiger partial charge in [0.1, 0.15) is 0 Å². The highest BCUT2D eigenvalue weighted by Gasteiger charge is 2.48. The summed E-state index contributed by atoms with van der Waals surface area (Å²) >= 11 is 4.19. The predicted molar refractivity (Wildman–Crippen MR) is 224 cm³/mol. The topological polar surface area (TPSA) is 3.24 Å². The van der Waals surface area contributed by atoms with Crippen molar-refractivity contribution >= 4 is 23.5 Å². The van der Waals surface area contributed by atoms with E-state index >= 15 is 0 Å². The van der Waals surface area contributed by atoms with Gasteiger partial charge in [-0.15, -0.1) is 11.8 Å². The average molecular weight is 726 g/mol. The summed E-state index contributed by atoms with van der Waals surface area (Å²) in [6, 6.07) is 26.2. The van der Waals surface area contributed by atoms with Crippen LogP contribution in [0.5, 0.6) is 0 Å².